The predicted molar refractivity (Wildman–Crippen MR) is 89.0 cm³/mol. The van der Waals surface area contributed by atoms with Gasteiger partial charge < -0.3 is 15.1 Å². The number of nitrogens with zero attached hydrogens (tertiary/aromatic N) is 2. The van der Waals surface area contributed by atoms with Crippen molar-refractivity contribution in [2.45, 2.75) is 27.7 Å². The molecule has 1 aromatic carbocycles. The Hall–Kier alpha value is -2.04. The van der Waals surface area contributed by atoms with E-state index in [1.807, 2.05) is 49.9 Å². The molecule has 1 aromatic rings. The van der Waals surface area contributed by atoms with Gasteiger partial charge in [-0.3, -0.25) is 9.59 Å². The number of benzene rings is 1. The highest BCUT2D eigenvalue weighted by molar-refractivity contribution is 5.94. The van der Waals surface area contributed by atoms with Crippen molar-refractivity contribution in [3.8, 4) is 0 Å². The maximum Gasteiger partial charge on any atom is 0.229 e. The average molecular weight is 303 g/mol. The van der Waals surface area contributed by atoms with Crippen LogP contribution in [0.2, 0.25) is 0 Å². The molecule has 2 amide bonds. The summed E-state index contributed by atoms with van der Waals surface area (Å²) in [6, 6.07) is 7.88. The third-order valence-corrected chi connectivity index (χ3v) is 3.90. The molecule has 1 N–H and O–H groups in total. The molecule has 5 nitrogen and oxygen atoms in total. The van der Waals surface area contributed by atoms with Crippen LogP contribution in [-0.4, -0.2) is 42.9 Å². The number of hydrogen-bond donors (Lipinski definition) is 1. The van der Waals surface area contributed by atoms with Crippen molar-refractivity contribution in [1.29, 1.82) is 0 Å². The maximum atomic E-state index is 12.0. The van der Waals surface area contributed by atoms with Gasteiger partial charge in [0.2, 0.25) is 11.8 Å². The largest absolute Gasteiger partial charge is 0.368 e. The van der Waals surface area contributed by atoms with Gasteiger partial charge >= 0.3 is 0 Å². The Morgan fingerprint density at radius 1 is 1.00 bits per heavy atom. The molecule has 0 bridgehead atoms. The Kier molecular flexibility index (Phi) is 4.74. The van der Waals surface area contributed by atoms with E-state index in [0.717, 1.165) is 37.6 Å². The molecule has 2 rings (SSSR count). The predicted octanol–water partition coefficient (Wildman–Crippen LogP) is 2.34. The van der Waals surface area contributed by atoms with Crippen LogP contribution in [0, 0.1) is 5.41 Å². The highest BCUT2D eigenvalue weighted by Gasteiger charge is 2.21. The van der Waals surface area contributed by atoms with Gasteiger partial charge in [0.05, 0.1) is 0 Å². The summed E-state index contributed by atoms with van der Waals surface area (Å²) in [6.45, 7) is 10.5. The molecule has 1 aliphatic heterocycles. The number of anilines is 2. The van der Waals surface area contributed by atoms with Crippen LogP contribution < -0.4 is 10.2 Å². The van der Waals surface area contributed by atoms with E-state index in [9.17, 15) is 9.59 Å². The summed E-state index contributed by atoms with van der Waals surface area (Å²) >= 11 is 0. The number of nitrogens with one attached hydrogen (secondary N) is 1. The van der Waals surface area contributed by atoms with Gasteiger partial charge in [0.25, 0.3) is 0 Å². The van der Waals surface area contributed by atoms with Gasteiger partial charge in [-0.25, -0.2) is 0 Å². The summed E-state index contributed by atoms with van der Waals surface area (Å²) in [5.74, 6) is 0.148. The highest BCUT2D eigenvalue weighted by Crippen LogP contribution is 2.21. The Bertz CT molecular complexity index is 538. The molecular formula is C17H25N3O2. The fraction of sp³-hybridized carbons (Fsp3) is 0.529. The van der Waals surface area contributed by atoms with Crippen molar-refractivity contribution in [2.75, 3.05) is 36.4 Å². The molecule has 0 aliphatic carbocycles. The van der Waals surface area contributed by atoms with Crippen LogP contribution >= 0.6 is 0 Å². The fourth-order valence-electron chi connectivity index (χ4n) is 2.35. The first-order chi connectivity index (χ1) is 10.3. The summed E-state index contributed by atoms with van der Waals surface area (Å²) in [7, 11) is 0. The van der Waals surface area contributed by atoms with E-state index >= 15 is 0 Å². The number of piperazine rings is 1. The molecule has 0 unspecified atom stereocenters. The fourth-order valence-corrected chi connectivity index (χ4v) is 2.35. The van der Waals surface area contributed by atoms with Crippen molar-refractivity contribution >= 4 is 23.2 Å². The maximum absolute atomic E-state index is 12.0. The zero-order valence-corrected chi connectivity index (χ0v) is 13.8. The average Bonchev–Trinajstić information content (AvgIpc) is 2.47. The normalized spacial score (nSPS) is 15.6. The molecule has 1 saturated heterocycles. The molecule has 22 heavy (non-hydrogen) atoms. The topological polar surface area (TPSA) is 52.7 Å². The third kappa shape index (κ3) is 4.00. The Morgan fingerprint density at radius 3 is 2.00 bits per heavy atom. The second-order valence-electron chi connectivity index (χ2n) is 6.74. The molecule has 0 aromatic heterocycles. The molecule has 0 spiro atoms. The van der Waals surface area contributed by atoms with E-state index < -0.39 is 5.41 Å². The van der Waals surface area contributed by atoms with E-state index in [0.29, 0.717) is 0 Å². The standard InChI is InChI=1S/C17H25N3O2/c1-13(21)19-9-11-20(12-10-19)15-7-5-14(6-8-15)18-16(22)17(2,3)4/h5-8H,9-12H2,1-4H3,(H,18,22). The van der Waals surface area contributed by atoms with Crippen LogP contribution in [0.25, 0.3) is 0 Å². The lowest BCUT2D eigenvalue weighted by atomic mass is 9.95. The molecule has 120 valence electrons. The van der Waals surface area contributed by atoms with Gasteiger partial charge in [0.1, 0.15) is 0 Å². The number of carbonyl (C=O) groups excluding carboxylic acids is 2. The smallest absolute Gasteiger partial charge is 0.229 e. The lowest BCUT2D eigenvalue weighted by Gasteiger charge is -2.35. The van der Waals surface area contributed by atoms with Crippen molar-refractivity contribution in [2.24, 2.45) is 5.41 Å². The number of rotatable bonds is 2. The Labute approximate surface area is 132 Å². The van der Waals surface area contributed by atoms with E-state index in [2.05, 4.69) is 10.2 Å². The monoisotopic (exact) mass is 303 g/mol. The van der Waals surface area contributed by atoms with Gasteiger partial charge in [-0.2, -0.15) is 0 Å². The number of amides is 2. The van der Waals surface area contributed by atoms with Crippen LogP contribution in [0.15, 0.2) is 24.3 Å². The van der Waals surface area contributed by atoms with Crippen LogP contribution in [0.4, 0.5) is 11.4 Å². The first-order valence-corrected chi connectivity index (χ1v) is 7.69. The van der Waals surface area contributed by atoms with Gasteiger partial charge in [-0.15, -0.1) is 0 Å². The number of carbonyl (C=O) groups is 2. The molecule has 1 aliphatic rings. The van der Waals surface area contributed by atoms with Gasteiger partial charge in [0, 0.05) is 49.9 Å². The molecule has 0 radical (unpaired) electrons. The molecule has 1 heterocycles. The van der Waals surface area contributed by atoms with E-state index in [4.69, 9.17) is 0 Å². The van der Waals surface area contributed by atoms with Crippen molar-refractivity contribution < 1.29 is 9.59 Å². The van der Waals surface area contributed by atoms with Gasteiger partial charge in [-0.1, -0.05) is 20.8 Å². The van der Waals surface area contributed by atoms with E-state index in [1.54, 1.807) is 6.92 Å². The first kappa shape index (κ1) is 16.3. The van der Waals surface area contributed by atoms with Crippen LogP contribution in [0.1, 0.15) is 27.7 Å². The molecular weight excluding hydrogens is 278 g/mol. The number of hydrogen-bond acceptors (Lipinski definition) is 3. The Morgan fingerprint density at radius 2 is 1.55 bits per heavy atom. The van der Waals surface area contributed by atoms with Crippen LogP contribution in [0.5, 0.6) is 0 Å². The summed E-state index contributed by atoms with van der Waals surface area (Å²) in [4.78, 5) is 27.4. The van der Waals surface area contributed by atoms with Crippen molar-refractivity contribution in [1.82, 2.24) is 4.90 Å². The van der Waals surface area contributed by atoms with Gasteiger partial charge in [-0.05, 0) is 24.3 Å². The minimum Gasteiger partial charge on any atom is -0.368 e. The van der Waals surface area contributed by atoms with Crippen LogP contribution in [0.3, 0.4) is 0 Å². The lowest BCUT2D eigenvalue weighted by molar-refractivity contribution is -0.129. The second-order valence-corrected chi connectivity index (χ2v) is 6.74. The summed E-state index contributed by atoms with van der Waals surface area (Å²) < 4.78 is 0. The minimum atomic E-state index is -0.401. The molecule has 0 saturated carbocycles. The molecule has 5 heteroatoms. The SMILES string of the molecule is CC(=O)N1CCN(c2ccc(NC(=O)C(C)(C)C)cc2)CC1. The van der Waals surface area contributed by atoms with Gasteiger partial charge in [0.15, 0.2) is 0 Å². The van der Waals surface area contributed by atoms with Crippen molar-refractivity contribution in [3.05, 3.63) is 24.3 Å². The zero-order chi connectivity index (χ0) is 16.3. The third-order valence-electron chi connectivity index (χ3n) is 3.90. The Balaban J connectivity index is 1.95. The molecule has 1 fully saturated rings. The van der Waals surface area contributed by atoms with E-state index in [1.165, 1.54) is 0 Å². The zero-order valence-electron chi connectivity index (χ0n) is 13.8. The minimum absolute atomic E-state index is 0.00956. The summed E-state index contributed by atoms with van der Waals surface area (Å²) in [5.41, 5.74) is 1.53. The first-order valence-electron chi connectivity index (χ1n) is 7.69. The van der Waals surface area contributed by atoms with Crippen LogP contribution in [-0.2, 0) is 9.59 Å². The second kappa shape index (κ2) is 6.38. The highest BCUT2D eigenvalue weighted by atomic mass is 16.2. The molecule has 0 atom stereocenters. The quantitative estimate of drug-likeness (QED) is 0.912. The summed E-state index contributed by atoms with van der Waals surface area (Å²) in [6.07, 6.45) is 0. The lowest BCUT2D eigenvalue weighted by Crippen LogP contribution is -2.48. The van der Waals surface area contributed by atoms with E-state index in [-0.39, 0.29) is 11.8 Å². The summed E-state index contributed by atoms with van der Waals surface area (Å²) in [5, 5.41) is 2.92. The van der Waals surface area contributed by atoms with Crippen molar-refractivity contribution in [3.63, 3.8) is 0 Å².